The maximum absolute atomic E-state index is 13.4. The molecular weight excluding hydrogens is 524 g/mol. The Balaban J connectivity index is 1.55. The number of aryl methyl sites for hydroxylation is 2. The molecule has 0 bridgehead atoms. The Labute approximate surface area is 241 Å². The highest BCUT2D eigenvalue weighted by Crippen LogP contribution is 2.27. The summed E-state index contributed by atoms with van der Waals surface area (Å²) in [4.78, 5) is 27.2. The number of fused-ring (bicyclic) bond motifs is 1. The first-order valence-corrected chi connectivity index (χ1v) is 14.1. The molecule has 4 rings (SSSR count). The third kappa shape index (κ3) is 7.56. The number of halogens is 1. The Kier molecular flexibility index (Phi) is 10.1. The number of aliphatic hydroxyl groups is 2. The van der Waals surface area contributed by atoms with Crippen LogP contribution in [0.2, 0.25) is 5.02 Å². The van der Waals surface area contributed by atoms with Crippen LogP contribution in [0.3, 0.4) is 0 Å². The topological polar surface area (TPSA) is 89.8 Å². The zero-order valence-electron chi connectivity index (χ0n) is 23.3. The molecule has 210 valence electrons. The molecule has 0 saturated heterocycles. The van der Waals surface area contributed by atoms with Crippen LogP contribution in [-0.4, -0.2) is 64.0 Å². The smallest absolute Gasteiger partial charge is 0.253 e. The molecule has 0 aliphatic rings. The van der Waals surface area contributed by atoms with Crippen LogP contribution in [0.1, 0.15) is 47.8 Å². The summed E-state index contributed by atoms with van der Waals surface area (Å²) in [6.45, 7) is 6.37. The third-order valence-corrected chi connectivity index (χ3v) is 7.28. The number of hydrogen-bond acceptors (Lipinski definition) is 6. The van der Waals surface area contributed by atoms with Gasteiger partial charge in [0, 0.05) is 48.5 Å². The lowest BCUT2D eigenvalue weighted by atomic mass is 10.0. The van der Waals surface area contributed by atoms with Gasteiger partial charge in [0.15, 0.2) is 6.29 Å². The Morgan fingerprint density at radius 1 is 0.950 bits per heavy atom. The van der Waals surface area contributed by atoms with Crippen LogP contribution < -0.4 is 4.90 Å². The molecule has 0 saturated carbocycles. The lowest BCUT2D eigenvalue weighted by Crippen LogP contribution is -2.36. The summed E-state index contributed by atoms with van der Waals surface area (Å²) in [6.07, 6.45) is 0.997. The van der Waals surface area contributed by atoms with Crippen LogP contribution in [0.15, 0.2) is 66.7 Å². The van der Waals surface area contributed by atoms with Crippen molar-refractivity contribution < 1.29 is 15.0 Å². The normalized spacial score (nSPS) is 11.3. The number of aromatic nitrogens is 2. The largest absolute Gasteiger partial charge is 0.370 e. The van der Waals surface area contributed by atoms with E-state index in [9.17, 15) is 15.0 Å². The van der Waals surface area contributed by atoms with Gasteiger partial charge in [0.25, 0.3) is 5.91 Å². The van der Waals surface area contributed by atoms with Gasteiger partial charge in [-0.15, -0.1) is 0 Å². The van der Waals surface area contributed by atoms with Crippen LogP contribution in [0.4, 0.5) is 5.69 Å². The van der Waals surface area contributed by atoms with Gasteiger partial charge in [-0.3, -0.25) is 4.79 Å². The summed E-state index contributed by atoms with van der Waals surface area (Å²) in [6, 6.07) is 21.4. The summed E-state index contributed by atoms with van der Waals surface area (Å²) in [5, 5.41) is 19.1. The average molecular weight is 561 g/mol. The van der Waals surface area contributed by atoms with E-state index in [2.05, 4.69) is 43.0 Å². The molecular formula is C32H37ClN4O3. The predicted molar refractivity (Wildman–Crippen MR) is 162 cm³/mol. The number of carbonyl (C=O) groups is 1. The Bertz CT molecular complexity index is 1440. The molecule has 0 unspecified atom stereocenters. The molecule has 4 aromatic rings. The Morgan fingerprint density at radius 2 is 1.73 bits per heavy atom. The van der Waals surface area contributed by atoms with Crippen LogP contribution in [0.25, 0.3) is 22.3 Å². The number of nitrogens with zero attached hydrogens (tertiary/aromatic N) is 4. The van der Waals surface area contributed by atoms with Gasteiger partial charge in [-0.2, -0.15) is 0 Å². The van der Waals surface area contributed by atoms with Crippen molar-refractivity contribution in [1.29, 1.82) is 0 Å². The highest BCUT2D eigenvalue weighted by atomic mass is 35.5. The van der Waals surface area contributed by atoms with Crippen molar-refractivity contribution >= 4 is 34.2 Å². The molecule has 8 heteroatoms. The van der Waals surface area contributed by atoms with Crippen molar-refractivity contribution in [3.05, 3.63) is 88.6 Å². The van der Waals surface area contributed by atoms with Crippen molar-refractivity contribution in [2.45, 2.75) is 45.8 Å². The van der Waals surface area contributed by atoms with Crippen LogP contribution in [-0.2, 0) is 6.42 Å². The number of carbonyl (C=O) groups excluding carboxylic acids is 1. The maximum Gasteiger partial charge on any atom is 0.253 e. The number of rotatable bonds is 12. The van der Waals surface area contributed by atoms with Crippen molar-refractivity contribution in [2.75, 3.05) is 31.6 Å². The number of likely N-dealkylation sites (N-methyl/N-ethyl adjacent to an activating group) is 2. The maximum atomic E-state index is 13.4. The molecule has 0 aliphatic heterocycles. The van der Waals surface area contributed by atoms with Crippen molar-refractivity contribution in [2.24, 2.45) is 0 Å². The molecule has 1 aromatic heterocycles. The summed E-state index contributed by atoms with van der Waals surface area (Å²) >= 11 is 6.10. The minimum Gasteiger partial charge on any atom is -0.370 e. The minimum absolute atomic E-state index is 0.0655. The average Bonchev–Trinajstić information content (AvgIpc) is 2.95. The molecule has 40 heavy (non-hydrogen) atoms. The van der Waals surface area contributed by atoms with Gasteiger partial charge in [0.1, 0.15) is 0 Å². The fourth-order valence-corrected chi connectivity index (χ4v) is 4.87. The summed E-state index contributed by atoms with van der Waals surface area (Å²) in [7, 11) is 1.83. The highest BCUT2D eigenvalue weighted by Gasteiger charge is 2.17. The van der Waals surface area contributed by atoms with Crippen LogP contribution >= 0.6 is 11.6 Å². The molecule has 1 amide bonds. The van der Waals surface area contributed by atoms with Crippen molar-refractivity contribution in [1.82, 2.24) is 14.9 Å². The second-order valence-electron chi connectivity index (χ2n) is 10.1. The van der Waals surface area contributed by atoms with Crippen LogP contribution in [0, 0.1) is 6.92 Å². The van der Waals surface area contributed by atoms with E-state index >= 15 is 0 Å². The second kappa shape index (κ2) is 13.7. The molecule has 0 aliphatic carbocycles. The number of hydrogen-bond donors (Lipinski definition) is 2. The minimum atomic E-state index is -1.31. The highest BCUT2D eigenvalue weighted by molar-refractivity contribution is 6.30. The van der Waals surface area contributed by atoms with E-state index in [4.69, 9.17) is 21.6 Å². The molecule has 0 atom stereocenters. The quantitative estimate of drug-likeness (QED) is 0.166. The molecule has 3 aromatic carbocycles. The van der Waals surface area contributed by atoms with Crippen molar-refractivity contribution in [3.8, 4) is 11.3 Å². The first-order chi connectivity index (χ1) is 19.2. The van der Waals surface area contributed by atoms with E-state index in [-0.39, 0.29) is 5.91 Å². The lowest BCUT2D eigenvalue weighted by molar-refractivity contribution is -0.0465. The fourth-order valence-electron chi connectivity index (χ4n) is 4.74. The third-order valence-electron chi connectivity index (χ3n) is 7.03. The zero-order chi connectivity index (χ0) is 28.6. The molecule has 0 fully saturated rings. The van der Waals surface area contributed by atoms with E-state index in [1.807, 2.05) is 49.5 Å². The number of amides is 1. The van der Waals surface area contributed by atoms with E-state index < -0.39 is 6.29 Å². The number of unbranched alkanes of at least 4 members (excludes halogenated alkanes) is 1. The van der Waals surface area contributed by atoms with Gasteiger partial charge in [0.2, 0.25) is 0 Å². The van der Waals surface area contributed by atoms with Gasteiger partial charge in [-0.25, -0.2) is 9.97 Å². The first kappa shape index (κ1) is 29.5. The summed E-state index contributed by atoms with van der Waals surface area (Å²) in [5.41, 5.74) is 6.77. The van der Waals surface area contributed by atoms with E-state index in [0.717, 1.165) is 42.1 Å². The SMILES string of the molecule is CCN(CCN(C)C(=O)c1ccc2nc(-c3ccc(Cl)cc3)c(CCCCC(O)O)nc2c1)c1cccc(C)c1. The molecule has 1 heterocycles. The second-order valence-corrected chi connectivity index (χ2v) is 10.5. The predicted octanol–water partition coefficient (Wildman–Crippen LogP) is 5.88. The van der Waals surface area contributed by atoms with Gasteiger partial charge in [-0.1, -0.05) is 35.9 Å². The summed E-state index contributed by atoms with van der Waals surface area (Å²) in [5.74, 6) is -0.0655. The molecule has 2 N–H and O–H groups in total. The number of anilines is 1. The van der Waals surface area contributed by atoms with E-state index in [1.165, 1.54) is 5.56 Å². The first-order valence-electron chi connectivity index (χ1n) is 13.7. The van der Waals surface area contributed by atoms with Gasteiger partial charge in [0.05, 0.1) is 22.4 Å². The lowest BCUT2D eigenvalue weighted by Gasteiger charge is -2.26. The van der Waals surface area contributed by atoms with E-state index in [0.29, 0.717) is 47.4 Å². The zero-order valence-corrected chi connectivity index (χ0v) is 24.1. The standard InChI is InChI=1S/C32H37ClN4O3/c1-4-37(26-9-7-8-22(2)20-26)19-18-36(3)32(40)24-14-17-27-29(21-24)34-28(10-5-6-11-30(38)39)31(35-27)23-12-15-25(33)16-13-23/h7-9,12-17,20-21,30,38-39H,4-6,10-11,18-19H2,1-3H3. The van der Waals surface area contributed by atoms with Gasteiger partial charge >= 0.3 is 0 Å². The Hall–Kier alpha value is -3.52. The Morgan fingerprint density at radius 3 is 2.42 bits per heavy atom. The molecule has 0 spiro atoms. The van der Waals surface area contributed by atoms with Crippen molar-refractivity contribution in [3.63, 3.8) is 0 Å². The van der Waals surface area contributed by atoms with Crippen LogP contribution in [0.5, 0.6) is 0 Å². The van der Waals surface area contributed by atoms with Gasteiger partial charge in [-0.05, 0) is 87.6 Å². The van der Waals surface area contributed by atoms with E-state index in [1.54, 1.807) is 4.90 Å². The molecule has 0 radical (unpaired) electrons. The van der Waals surface area contributed by atoms with Gasteiger partial charge < -0.3 is 20.0 Å². The number of benzene rings is 3. The fraction of sp³-hybridized carbons (Fsp3) is 0.344. The monoisotopic (exact) mass is 560 g/mol. The number of aliphatic hydroxyl groups excluding tert-OH is 1. The molecule has 7 nitrogen and oxygen atoms in total. The summed E-state index contributed by atoms with van der Waals surface area (Å²) < 4.78 is 0.